The van der Waals surface area contributed by atoms with Crippen LogP contribution in [0.3, 0.4) is 0 Å². The van der Waals surface area contributed by atoms with Gasteiger partial charge in [0.1, 0.15) is 17.9 Å². The molecule has 0 saturated heterocycles. The average molecular weight is 248 g/mol. The van der Waals surface area contributed by atoms with Gasteiger partial charge in [-0.15, -0.1) is 0 Å². The highest BCUT2D eigenvalue weighted by atomic mass is 16.3. The fraction of sp³-hybridized carbons (Fsp3) is 0.538. The Morgan fingerprint density at radius 2 is 2.33 bits per heavy atom. The summed E-state index contributed by atoms with van der Waals surface area (Å²) < 4.78 is 7.42. The smallest absolute Gasteiger partial charge is 0.138 e. The molecule has 2 aromatic rings. The number of aryl methyl sites for hydroxylation is 1. The molecule has 0 aromatic carbocycles. The van der Waals surface area contributed by atoms with E-state index >= 15 is 0 Å². The van der Waals surface area contributed by atoms with Gasteiger partial charge in [0, 0.05) is 13.0 Å². The molecule has 5 heteroatoms. The molecule has 18 heavy (non-hydrogen) atoms. The summed E-state index contributed by atoms with van der Waals surface area (Å²) in [5, 5.41) is 7.68. The number of nitrogens with zero attached hydrogens (tertiary/aromatic N) is 3. The number of hydrogen-bond acceptors (Lipinski definition) is 4. The Hall–Kier alpha value is -1.62. The first-order valence-corrected chi connectivity index (χ1v) is 6.48. The van der Waals surface area contributed by atoms with Crippen molar-refractivity contribution in [2.24, 2.45) is 0 Å². The topological polar surface area (TPSA) is 55.9 Å². The summed E-state index contributed by atoms with van der Waals surface area (Å²) in [7, 11) is 0. The molecule has 0 bridgehead atoms. The van der Waals surface area contributed by atoms with Gasteiger partial charge in [0.05, 0.1) is 12.3 Å². The SMILES string of the molecule is CCCNC(Cc1ncnn1CC)c1ccco1. The first-order chi connectivity index (χ1) is 8.85. The maximum atomic E-state index is 5.50. The summed E-state index contributed by atoms with van der Waals surface area (Å²) >= 11 is 0. The average Bonchev–Trinajstić information content (AvgIpc) is 3.04. The lowest BCUT2D eigenvalue weighted by molar-refractivity contribution is 0.400. The van der Waals surface area contributed by atoms with Gasteiger partial charge in [-0.25, -0.2) is 4.98 Å². The Labute approximate surface area is 107 Å². The molecule has 1 N–H and O–H groups in total. The van der Waals surface area contributed by atoms with Crippen molar-refractivity contribution in [2.45, 2.75) is 39.3 Å². The number of nitrogens with one attached hydrogen (secondary N) is 1. The van der Waals surface area contributed by atoms with Crippen LogP contribution in [-0.2, 0) is 13.0 Å². The fourth-order valence-corrected chi connectivity index (χ4v) is 1.97. The zero-order valence-corrected chi connectivity index (χ0v) is 11.0. The molecule has 1 atom stereocenters. The minimum absolute atomic E-state index is 0.162. The molecule has 2 heterocycles. The summed E-state index contributed by atoms with van der Waals surface area (Å²) in [4.78, 5) is 4.31. The van der Waals surface area contributed by atoms with Gasteiger partial charge in [-0.3, -0.25) is 4.68 Å². The van der Waals surface area contributed by atoms with Gasteiger partial charge in [-0.05, 0) is 32.0 Å². The standard InChI is InChI=1S/C13H20N4O/c1-3-7-14-11(12-6-5-8-18-12)9-13-15-10-16-17(13)4-2/h5-6,8,10-11,14H,3-4,7,9H2,1-2H3. The summed E-state index contributed by atoms with van der Waals surface area (Å²) in [6, 6.07) is 4.08. The lowest BCUT2D eigenvalue weighted by atomic mass is 10.1. The third-order valence-electron chi connectivity index (χ3n) is 2.91. The van der Waals surface area contributed by atoms with Gasteiger partial charge in [0.2, 0.25) is 0 Å². The molecule has 2 aromatic heterocycles. The van der Waals surface area contributed by atoms with Gasteiger partial charge >= 0.3 is 0 Å². The Bertz CT molecular complexity index is 449. The molecule has 1 unspecified atom stereocenters. The number of aromatic nitrogens is 3. The second kappa shape index (κ2) is 6.35. The van der Waals surface area contributed by atoms with Crippen LogP contribution in [0.1, 0.15) is 37.9 Å². The van der Waals surface area contributed by atoms with Crippen LogP contribution in [0.15, 0.2) is 29.1 Å². The Morgan fingerprint density at radius 1 is 1.44 bits per heavy atom. The van der Waals surface area contributed by atoms with Crippen molar-refractivity contribution >= 4 is 0 Å². The van der Waals surface area contributed by atoms with Gasteiger partial charge in [-0.2, -0.15) is 5.10 Å². The highest BCUT2D eigenvalue weighted by Gasteiger charge is 2.17. The molecule has 0 spiro atoms. The summed E-state index contributed by atoms with van der Waals surface area (Å²) in [6.45, 7) is 6.03. The molecule has 0 fully saturated rings. The predicted molar refractivity (Wildman–Crippen MR) is 69.1 cm³/mol. The predicted octanol–water partition coefficient (Wildman–Crippen LogP) is 2.17. The number of hydrogen-bond donors (Lipinski definition) is 1. The third kappa shape index (κ3) is 2.98. The van der Waals surface area contributed by atoms with E-state index in [1.165, 1.54) is 0 Å². The minimum Gasteiger partial charge on any atom is -0.468 e. The van der Waals surface area contributed by atoms with E-state index in [1.807, 2.05) is 16.8 Å². The number of furan rings is 1. The first kappa shape index (κ1) is 12.8. The molecule has 5 nitrogen and oxygen atoms in total. The van der Waals surface area contributed by atoms with Crippen molar-refractivity contribution in [3.8, 4) is 0 Å². The Kier molecular flexibility index (Phi) is 4.52. The lowest BCUT2D eigenvalue weighted by Crippen LogP contribution is -2.25. The van der Waals surface area contributed by atoms with Crippen molar-refractivity contribution < 1.29 is 4.42 Å². The maximum absolute atomic E-state index is 5.50. The van der Waals surface area contributed by atoms with E-state index in [1.54, 1.807) is 12.6 Å². The molecule has 0 aliphatic rings. The second-order valence-electron chi connectivity index (χ2n) is 4.22. The second-order valence-corrected chi connectivity index (χ2v) is 4.22. The highest BCUT2D eigenvalue weighted by molar-refractivity contribution is 5.07. The van der Waals surface area contributed by atoms with E-state index in [2.05, 4.69) is 29.2 Å². The van der Waals surface area contributed by atoms with E-state index < -0.39 is 0 Å². The molecule has 0 radical (unpaired) electrons. The van der Waals surface area contributed by atoms with Crippen LogP contribution < -0.4 is 5.32 Å². The van der Waals surface area contributed by atoms with Crippen LogP contribution in [-0.4, -0.2) is 21.3 Å². The van der Waals surface area contributed by atoms with Gasteiger partial charge in [-0.1, -0.05) is 6.92 Å². The Morgan fingerprint density at radius 3 is 3.00 bits per heavy atom. The zero-order valence-electron chi connectivity index (χ0n) is 11.0. The highest BCUT2D eigenvalue weighted by Crippen LogP contribution is 2.17. The molecule has 98 valence electrons. The van der Waals surface area contributed by atoms with Gasteiger partial charge < -0.3 is 9.73 Å². The van der Waals surface area contributed by atoms with Crippen molar-refractivity contribution in [3.63, 3.8) is 0 Å². The monoisotopic (exact) mass is 248 g/mol. The van der Waals surface area contributed by atoms with E-state index in [0.29, 0.717) is 0 Å². The van der Waals surface area contributed by atoms with E-state index in [0.717, 1.165) is 37.5 Å². The largest absolute Gasteiger partial charge is 0.468 e. The molecule has 0 saturated carbocycles. The van der Waals surface area contributed by atoms with E-state index in [9.17, 15) is 0 Å². The van der Waals surface area contributed by atoms with Crippen molar-refractivity contribution in [3.05, 3.63) is 36.3 Å². The van der Waals surface area contributed by atoms with Crippen molar-refractivity contribution in [2.75, 3.05) is 6.54 Å². The third-order valence-corrected chi connectivity index (χ3v) is 2.91. The summed E-state index contributed by atoms with van der Waals surface area (Å²) in [6.07, 6.45) is 5.21. The van der Waals surface area contributed by atoms with Crippen molar-refractivity contribution in [1.29, 1.82) is 0 Å². The minimum atomic E-state index is 0.162. The van der Waals surface area contributed by atoms with E-state index in [-0.39, 0.29) is 6.04 Å². The number of rotatable bonds is 7. The first-order valence-electron chi connectivity index (χ1n) is 6.48. The van der Waals surface area contributed by atoms with Crippen molar-refractivity contribution in [1.82, 2.24) is 20.1 Å². The maximum Gasteiger partial charge on any atom is 0.138 e. The normalized spacial score (nSPS) is 12.8. The molecular formula is C13H20N4O. The molecular weight excluding hydrogens is 228 g/mol. The van der Waals surface area contributed by atoms with Crippen LogP contribution >= 0.6 is 0 Å². The van der Waals surface area contributed by atoms with Gasteiger partial charge in [0.15, 0.2) is 0 Å². The van der Waals surface area contributed by atoms with Crippen LogP contribution in [0.2, 0.25) is 0 Å². The molecule has 0 aliphatic heterocycles. The van der Waals surface area contributed by atoms with Crippen LogP contribution in [0, 0.1) is 0 Å². The van der Waals surface area contributed by atoms with E-state index in [4.69, 9.17) is 4.42 Å². The van der Waals surface area contributed by atoms with Crippen LogP contribution in [0.4, 0.5) is 0 Å². The zero-order chi connectivity index (χ0) is 12.8. The van der Waals surface area contributed by atoms with Crippen LogP contribution in [0.25, 0.3) is 0 Å². The summed E-state index contributed by atoms with van der Waals surface area (Å²) in [5.74, 6) is 1.94. The Balaban J connectivity index is 2.10. The molecule has 2 rings (SSSR count). The fourth-order valence-electron chi connectivity index (χ4n) is 1.97. The van der Waals surface area contributed by atoms with Crippen LogP contribution in [0.5, 0.6) is 0 Å². The van der Waals surface area contributed by atoms with Gasteiger partial charge in [0.25, 0.3) is 0 Å². The quantitative estimate of drug-likeness (QED) is 0.816. The molecule has 0 amide bonds. The summed E-state index contributed by atoms with van der Waals surface area (Å²) in [5.41, 5.74) is 0. The lowest BCUT2D eigenvalue weighted by Gasteiger charge is -2.16. The molecule has 0 aliphatic carbocycles.